The van der Waals surface area contributed by atoms with Gasteiger partial charge in [-0.3, -0.25) is 4.79 Å². The molecule has 1 rings (SSSR count). The average Bonchev–Trinajstić information content (AvgIpc) is 2.74. The highest BCUT2D eigenvalue weighted by Crippen LogP contribution is 2.24. The van der Waals surface area contributed by atoms with Crippen molar-refractivity contribution in [1.82, 2.24) is 4.90 Å². The van der Waals surface area contributed by atoms with E-state index in [4.69, 9.17) is 0 Å². The van der Waals surface area contributed by atoms with Crippen LogP contribution in [0.25, 0.3) is 0 Å². The lowest BCUT2D eigenvalue weighted by Crippen LogP contribution is -2.39. The van der Waals surface area contributed by atoms with Gasteiger partial charge >= 0.3 is 0 Å². The number of aliphatic hydroxyl groups excluding tert-OH is 1. The lowest BCUT2D eigenvalue weighted by atomic mass is 10.0. The molecule has 1 aliphatic heterocycles. The molecule has 1 saturated heterocycles. The molecule has 0 aromatic rings. The Morgan fingerprint density at radius 3 is 2.56 bits per heavy atom. The average molecular weight is 255 g/mol. The third kappa shape index (κ3) is 4.60. The summed E-state index contributed by atoms with van der Waals surface area (Å²) in [5.74, 6) is 0.692. The topological polar surface area (TPSA) is 40.5 Å². The number of aliphatic hydroxyl groups is 1. The molecule has 3 nitrogen and oxygen atoms in total. The second-order valence-electron chi connectivity index (χ2n) is 5.62. The molecule has 2 unspecified atom stereocenters. The summed E-state index contributed by atoms with van der Waals surface area (Å²) in [6.45, 7) is 5.29. The van der Waals surface area contributed by atoms with E-state index in [0.29, 0.717) is 12.3 Å². The molecule has 0 bridgehead atoms. The van der Waals surface area contributed by atoms with Crippen LogP contribution < -0.4 is 0 Å². The van der Waals surface area contributed by atoms with Gasteiger partial charge in [0.15, 0.2) is 0 Å². The number of rotatable bonds is 8. The SMILES string of the molecule is CCCCCCCCC(=O)N1CCC(C)C1CO. The maximum atomic E-state index is 12.1. The van der Waals surface area contributed by atoms with Gasteiger partial charge in [-0.05, 0) is 18.8 Å². The fourth-order valence-electron chi connectivity index (χ4n) is 2.80. The lowest BCUT2D eigenvalue weighted by molar-refractivity contribution is -0.133. The van der Waals surface area contributed by atoms with E-state index < -0.39 is 0 Å². The minimum Gasteiger partial charge on any atom is -0.394 e. The van der Waals surface area contributed by atoms with Crippen LogP contribution in [0.5, 0.6) is 0 Å². The van der Waals surface area contributed by atoms with Crippen LogP contribution in [-0.4, -0.2) is 35.1 Å². The molecule has 3 heteroatoms. The van der Waals surface area contributed by atoms with Crippen molar-refractivity contribution in [3.05, 3.63) is 0 Å². The first-order valence-electron chi connectivity index (χ1n) is 7.61. The molecule has 0 radical (unpaired) electrons. The van der Waals surface area contributed by atoms with Gasteiger partial charge in [0.1, 0.15) is 0 Å². The zero-order chi connectivity index (χ0) is 13.4. The minimum atomic E-state index is 0.0672. The Balaban J connectivity index is 2.16. The summed E-state index contributed by atoms with van der Waals surface area (Å²) in [5, 5.41) is 9.33. The molecule has 0 saturated carbocycles. The van der Waals surface area contributed by atoms with Gasteiger partial charge in [-0.1, -0.05) is 46.0 Å². The van der Waals surface area contributed by atoms with Crippen LogP contribution in [0.4, 0.5) is 0 Å². The molecule has 2 atom stereocenters. The molecule has 0 aromatic carbocycles. The highest BCUT2D eigenvalue weighted by Gasteiger charge is 2.33. The number of hydrogen-bond acceptors (Lipinski definition) is 2. The van der Waals surface area contributed by atoms with Gasteiger partial charge in [0, 0.05) is 13.0 Å². The minimum absolute atomic E-state index is 0.0672. The summed E-state index contributed by atoms with van der Waals surface area (Å²) in [6.07, 6.45) is 8.99. The van der Waals surface area contributed by atoms with Crippen LogP contribution in [-0.2, 0) is 4.79 Å². The number of nitrogens with zero attached hydrogens (tertiary/aromatic N) is 1. The first kappa shape index (κ1) is 15.5. The predicted molar refractivity (Wildman–Crippen MR) is 74.4 cm³/mol. The van der Waals surface area contributed by atoms with Gasteiger partial charge in [-0.25, -0.2) is 0 Å². The summed E-state index contributed by atoms with van der Waals surface area (Å²) in [6, 6.07) is 0.0672. The van der Waals surface area contributed by atoms with Crippen molar-refractivity contribution in [2.24, 2.45) is 5.92 Å². The number of carbonyl (C=O) groups excluding carboxylic acids is 1. The molecule has 0 aliphatic carbocycles. The Bertz CT molecular complexity index is 243. The van der Waals surface area contributed by atoms with Crippen molar-refractivity contribution in [2.45, 2.75) is 71.3 Å². The van der Waals surface area contributed by atoms with Gasteiger partial charge in [0.05, 0.1) is 12.6 Å². The Labute approximate surface area is 112 Å². The van der Waals surface area contributed by atoms with E-state index in [-0.39, 0.29) is 18.6 Å². The first-order chi connectivity index (χ1) is 8.70. The molecule has 0 aromatic heterocycles. The van der Waals surface area contributed by atoms with Gasteiger partial charge in [-0.2, -0.15) is 0 Å². The fourth-order valence-corrected chi connectivity index (χ4v) is 2.80. The fraction of sp³-hybridized carbons (Fsp3) is 0.933. The molecule has 0 spiro atoms. The van der Waals surface area contributed by atoms with Crippen LogP contribution in [0.3, 0.4) is 0 Å². The molecule has 18 heavy (non-hydrogen) atoms. The van der Waals surface area contributed by atoms with Crippen LogP contribution in [0.1, 0.15) is 65.2 Å². The van der Waals surface area contributed by atoms with Crippen molar-refractivity contribution in [3.8, 4) is 0 Å². The van der Waals surface area contributed by atoms with E-state index in [1.165, 1.54) is 32.1 Å². The number of hydrogen-bond donors (Lipinski definition) is 1. The zero-order valence-electron chi connectivity index (χ0n) is 12.0. The Morgan fingerprint density at radius 1 is 1.22 bits per heavy atom. The molecular formula is C15H29NO2. The van der Waals surface area contributed by atoms with Crippen molar-refractivity contribution in [2.75, 3.05) is 13.2 Å². The Morgan fingerprint density at radius 2 is 1.89 bits per heavy atom. The Kier molecular flexibility index (Phi) is 7.33. The number of likely N-dealkylation sites (tertiary alicyclic amines) is 1. The van der Waals surface area contributed by atoms with Crippen LogP contribution in [0.15, 0.2) is 0 Å². The molecule has 1 aliphatic rings. The number of carbonyl (C=O) groups is 1. The maximum Gasteiger partial charge on any atom is 0.222 e. The van der Waals surface area contributed by atoms with Gasteiger partial charge in [0.25, 0.3) is 0 Å². The first-order valence-corrected chi connectivity index (χ1v) is 7.61. The van der Waals surface area contributed by atoms with E-state index in [2.05, 4.69) is 13.8 Å². The second-order valence-corrected chi connectivity index (χ2v) is 5.62. The maximum absolute atomic E-state index is 12.1. The third-order valence-corrected chi connectivity index (χ3v) is 4.13. The summed E-state index contributed by atoms with van der Waals surface area (Å²) in [5.41, 5.74) is 0. The van der Waals surface area contributed by atoms with Crippen molar-refractivity contribution in [3.63, 3.8) is 0 Å². The zero-order valence-corrected chi connectivity index (χ0v) is 12.0. The number of amides is 1. The predicted octanol–water partition coefficient (Wildman–Crippen LogP) is 2.97. The number of unbranched alkanes of at least 4 members (excludes halogenated alkanes) is 5. The Hall–Kier alpha value is -0.570. The smallest absolute Gasteiger partial charge is 0.222 e. The van der Waals surface area contributed by atoms with E-state index >= 15 is 0 Å². The quantitative estimate of drug-likeness (QED) is 0.677. The molecule has 1 fully saturated rings. The highest BCUT2D eigenvalue weighted by molar-refractivity contribution is 5.76. The van der Waals surface area contributed by atoms with Crippen LogP contribution >= 0.6 is 0 Å². The normalized spacial score (nSPS) is 23.6. The summed E-state index contributed by atoms with van der Waals surface area (Å²) < 4.78 is 0. The summed E-state index contributed by atoms with van der Waals surface area (Å²) in [4.78, 5) is 14.0. The van der Waals surface area contributed by atoms with Crippen LogP contribution in [0.2, 0.25) is 0 Å². The molecule has 106 valence electrons. The van der Waals surface area contributed by atoms with Gasteiger partial charge in [-0.15, -0.1) is 0 Å². The monoisotopic (exact) mass is 255 g/mol. The molecular weight excluding hydrogens is 226 g/mol. The van der Waals surface area contributed by atoms with Crippen molar-refractivity contribution >= 4 is 5.91 Å². The lowest BCUT2D eigenvalue weighted by Gasteiger charge is -2.25. The largest absolute Gasteiger partial charge is 0.394 e. The molecule has 1 amide bonds. The van der Waals surface area contributed by atoms with Gasteiger partial charge < -0.3 is 10.0 Å². The standard InChI is InChI=1S/C15H29NO2/c1-3-4-5-6-7-8-9-15(18)16-11-10-13(2)14(16)12-17/h13-14,17H,3-12H2,1-2H3. The molecule has 1 heterocycles. The van der Waals surface area contributed by atoms with E-state index in [1.807, 2.05) is 4.90 Å². The summed E-state index contributed by atoms with van der Waals surface area (Å²) >= 11 is 0. The van der Waals surface area contributed by atoms with Crippen LogP contribution in [0, 0.1) is 5.92 Å². The summed E-state index contributed by atoms with van der Waals surface area (Å²) in [7, 11) is 0. The van der Waals surface area contributed by atoms with E-state index in [0.717, 1.165) is 19.4 Å². The van der Waals surface area contributed by atoms with Crippen molar-refractivity contribution < 1.29 is 9.90 Å². The molecule has 1 N–H and O–H groups in total. The second kappa shape index (κ2) is 8.52. The third-order valence-electron chi connectivity index (χ3n) is 4.13. The highest BCUT2D eigenvalue weighted by atomic mass is 16.3. The van der Waals surface area contributed by atoms with E-state index in [9.17, 15) is 9.90 Å². The van der Waals surface area contributed by atoms with Gasteiger partial charge in [0.2, 0.25) is 5.91 Å². The van der Waals surface area contributed by atoms with Crippen molar-refractivity contribution in [1.29, 1.82) is 0 Å². The van der Waals surface area contributed by atoms with E-state index in [1.54, 1.807) is 0 Å².